The van der Waals surface area contributed by atoms with Crippen molar-refractivity contribution in [2.75, 3.05) is 6.61 Å². The molecule has 0 aliphatic carbocycles. The van der Waals surface area contributed by atoms with Crippen molar-refractivity contribution in [3.63, 3.8) is 0 Å². The van der Waals surface area contributed by atoms with E-state index in [1.54, 1.807) is 25.1 Å². The second-order valence-corrected chi connectivity index (χ2v) is 7.37. The Morgan fingerprint density at radius 1 is 1.00 bits per heavy atom. The molecule has 29 heavy (non-hydrogen) atoms. The van der Waals surface area contributed by atoms with E-state index < -0.39 is 24.0 Å². The van der Waals surface area contributed by atoms with E-state index in [0.717, 1.165) is 5.56 Å². The van der Waals surface area contributed by atoms with Crippen molar-refractivity contribution in [3.8, 4) is 0 Å². The van der Waals surface area contributed by atoms with Crippen molar-refractivity contribution in [1.82, 2.24) is 0 Å². The fourth-order valence-corrected chi connectivity index (χ4v) is 3.06. The van der Waals surface area contributed by atoms with Crippen molar-refractivity contribution < 1.29 is 23.9 Å². The molecule has 0 saturated carbocycles. The van der Waals surface area contributed by atoms with Crippen molar-refractivity contribution in [2.45, 2.75) is 39.2 Å². The molecule has 7 heteroatoms. The maximum atomic E-state index is 12.8. The first-order valence-corrected chi connectivity index (χ1v) is 9.90. The maximum Gasteiger partial charge on any atom is 0.347 e. The number of rotatable bonds is 8. The molecule has 2 rings (SSSR count). The number of ether oxygens (including phenoxy) is 2. The topological polar surface area (TPSA) is 69.7 Å². The van der Waals surface area contributed by atoms with Crippen LogP contribution in [-0.4, -0.2) is 30.4 Å². The number of hydrogen-bond donors (Lipinski definition) is 0. The smallest absolute Gasteiger partial charge is 0.347 e. The molecule has 0 heterocycles. The predicted octanol–water partition coefficient (Wildman–Crippen LogP) is 5.15. The van der Waals surface area contributed by atoms with Crippen LogP contribution in [0.1, 0.15) is 47.7 Å². The van der Waals surface area contributed by atoms with E-state index in [9.17, 15) is 14.4 Å². The quantitative estimate of drug-likeness (QED) is 0.422. The number of carbonyl (C=O) groups excluding carboxylic acids is 3. The molecule has 5 nitrogen and oxygen atoms in total. The molecule has 0 aliphatic rings. The van der Waals surface area contributed by atoms with Gasteiger partial charge in [-0.15, -0.1) is 0 Å². The van der Waals surface area contributed by atoms with Crippen LogP contribution >= 0.6 is 23.2 Å². The number of hydrogen-bond acceptors (Lipinski definition) is 5. The fraction of sp³-hybridized carbons (Fsp3) is 0.318. The van der Waals surface area contributed by atoms with Crippen LogP contribution in [0.25, 0.3) is 0 Å². The van der Waals surface area contributed by atoms with Gasteiger partial charge in [-0.3, -0.25) is 9.59 Å². The lowest BCUT2D eigenvalue weighted by Gasteiger charge is -2.19. The van der Waals surface area contributed by atoms with E-state index >= 15 is 0 Å². The number of aryl methyl sites for hydroxylation is 1. The average molecular weight is 437 g/mol. The van der Waals surface area contributed by atoms with Crippen molar-refractivity contribution in [1.29, 1.82) is 0 Å². The molecule has 0 N–H and O–H groups in total. The van der Waals surface area contributed by atoms with Crippen molar-refractivity contribution in [3.05, 3.63) is 69.2 Å². The Bertz CT molecular complexity index is 910. The van der Waals surface area contributed by atoms with Gasteiger partial charge in [0.1, 0.15) is 0 Å². The lowest BCUT2D eigenvalue weighted by atomic mass is 9.90. The SMILES string of the molecule is CCOC(=O)[C@H](C)OC(=O)[C@@H](CC(=O)c1ccc(Cl)c(Cl)c1)c1cccc(C)c1. The molecule has 0 unspecified atom stereocenters. The zero-order valence-corrected chi connectivity index (χ0v) is 17.9. The molecular weight excluding hydrogens is 415 g/mol. The third kappa shape index (κ3) is 6.31. The Balaban J connectivity index is 2.27. The van der Waals surface area contributed by atoms with Gasteiger partial charge in [-0.05, 0) is 44.5 Å². The highest BCUT2D eigenvalue weighted by atomic mass is 35.5. The van der Waals surface area contributed by atoms with Gasteiger partial charge < -0.3 is 9.47 Å². The van der Waals surface area contributed by atoms with Crippen LogP contribution in [0.5, 0.6) is 0 Å². The Hall–Kier alpha value is -2.37. The standard InChI is InChI=1S/C22H22Cl2O5/c1-4-28-21(26)14(3)29-22(27)17(15-7-5-6-13(2)10-15)12-20(25)16-8-9-18(23)19(24)11-16/h5-11,14,17H,4,12H2,1-3H3/t14-,17-/m0/s1. The summed E-state index contributed by atoms with van der Waals surface area (Å²) in [6, 6.07) is 11.8. The Labute approximate surface area is 179 Å². The second-order valence-electron chi connectivity index (χ2n) is 6.55. The third-order valence-electron chi connectivity index (χ3n) is 4.27. The number of benzene rings is 2. The fourth-order valence-electron chi connectivity index (χ4n) is 2.76. The van der Waals surface area contributed by atoms with Crippen molar-refractivity contribution >= 4 is 40.9 Å². The molecule has 2 aromatic carbocycles. The minimum absolute atomic E-state index is 0.143. The highest BCUT2D eigenvalue weighted by Gasteiger charge is 2.29. The minimum atomic E-state index is -1.07. The highest BCUT2D eigenvalue weighted by Crippen LogP contribution is 2.28. The molecular formula is C22H22Cl2O5. The van der Waals surface area contributed by atoms with E-state index in [1.165, 1.54) is 19.1 Å². The lowest BCUT2D eigenvalue weighted by molar-refractivity contribution is -0.167. The van der Waals surface area contributed by atoms with Crippen LogP contribution in [0.3, 0.4) is 0 Å². The first-order valence-electron chi connectivity index (χ1n) is 9.14. The summed E-state index contributed by atoms with van der Waals surface area (Å²) in [4.78, 5) is 37.4. The summed E-state index contributed by atoms with van der Waals surface area (Å²) in [6.07, 6.45) is -1.22. The number of ketones is 1. The largest absolute Gasteiger partial charge is 0.463 e. The summed E-state index contributed by atoms with van der Waals surface area (Å²) in [6.45, 7) is 5.16. The molecule has 2 atom stereocenters. The monoisotopic (exact) mass is 436 g/mol. The normalized spacial score (nSPS) is 12.7. The Morgan fingerprint density at radius 3 is 2.34 bits per heavy atom. The van der Waals surface area contributed by atoms with Crippen molar-refractivity contribution in [2.24, 2.45) is 0 Å². The summed E-state index contributed by atoms with van der Waals surface area (Å²) in [5.41, 5.74) is 1.89. The zero-order valence-electron chi connectivity index (χ0n) is 16.4. The molecule has 0 aliphatic heterocycles. The molecule has 0 aromatic heterocycles. The van der Waals surface area contributed by atoms with Crippen LogP contribution in [-0.2, 0) is 19.1 Å². The van der Waals surface area contributed by atoms with E-state index in [-0.39, 0.29) is 23.8 Å². The third-order valence-corrected chi connectivity index (χ3v) is 5.01. The predicted molar refractivity (Wildman–Crippen MR) is 112 cm³/mol. The number of carbonyl (C=O) groups is 3. The first kappa shape index (κ1) is 22.9. The number of esters is 2. The van der Waals surface area contributed by atoms with Gasteiger partial charge in [-0.25, -0.2) is 4.79 Å². The highest BCUT2D eigenvalue weighted by molar-refractivity contribution is 6.42. The molecule has 0 radical (unpaired) electrons. The van der Waals surface area contributed by atoms with Gasteiger partial charge in [0.25, 0.3) is 0 Å². The Morgan fingerprint density at radius 2 is 1.72 bits per heavy atom. The van der Waals surface area contributed by atoms with Crippen LogP contribution in [0, 0.1) is 6.92 Å². The van der Waals surface area contributed by atoms with Gasteiger partial charge in [0.15, 0.2) is 11.9 Å². The van der Waals surface area contributed by atoms with E-state index in [4.69, 9.17) is 32.7 Å². The lowest BCUT2D eigenvalue weighted by Crippen LogP contribution is -2.29. The van der Waals surface area contributed by atoms with Gasteiger partial charge in [0, 0.05) is 12.0 Å². The maximum absolute atomic E-state index is 12.8. The number of Topliss-reactive ketones (excluding diaryl/α,β-unsaturated/α-hetero) is 1. The summed E-state index contributed by atoms with van der Waals surface area (Å²) in [7, 11) is 0. The van der Waals surface area contributed by atoms with Gasteiger partial charge in [-0.1, -0.05) is 53.0 Å². The molecule has 0 bridgehead atoms. The summed E-state index contributed by atoms with van der Waals surface area (Å²) >= 11 is 11.9. The van der Waals surface area contributed by atoms with Gasteiger partial charge in [0.2, 0.25) is 0 Å². The summed E-state index contributed by atoms with van der Waals surface area (Å²) in [5.74, 6) is -2.49. The Kier molecular flexibility index (Phi) is 8.23. The van der Waals surface area contributed by atoms with Gasteiger partial charge in [0.05, 0.1) is 22.6 Å². The molecule has 154 valence electrons. The van der Waals surface area contributed by atoms with Crippen LogP contribution in [0.2, 0.25) is 10.0 Å². The van der Waals surface area contributed by atoms with Crippen LogP contribution in [0.15, 0.2) is 42.5 Å². The minimum Gasteiger partial charge on any atom is -0.463 e. The van der Waals surface area contributed by atoms with Crippen LogP contribution < -0.4 is 0 Å². The average Bonchev–Trinajstić information content (AvgIpc) is 2.68. The second kappa shape index (κ2) is 10.4. The summed E-state index contributed by atoms with van der Waals surface area (Å²) < 4.78 is 10.2. The van der Waals surface area contributed by atoms with E-state index in [1.807, 2.05) is 19.1 Å². The van der Waals surface area contributed by atoms with Crippen LogP contribution in [0.4, 0.5) is 0 Å². The van der Waals surface area contributed by atoms with E-state index in [0.29, 0.717) is 16.1 Å². The molecule has 0 saturated heterocycles. The molecule has 2 aromatic rings. The molecule has 0 spiro atoms. The summed E-state index contributed by atoms with van der Waals surface area (Å²) in [5, 5.41) is 0.587. The van der Waals surface area contributed by atoms with E-state index in [2.05, 4.69) is 0 Å². The number of halogens is 2. The molecule has 0 fully saturated rings. The van der Waals surface area contributed by atoms with Gasteiger partial charge >= 0.3 is 11.9 Å². The zero-order chi connectivity index (χ0) is 21.6. The molecule has 0 amide bonds. The van der Waals surface area contributed by atoms with Gasteiger partial charge in [-0.2, -0.15) is 0 Å². The first-order chi connectivity index (χ1) is 13.7.